The number of nitrogens with zero attached hydrogens (tertiary/aromatic N) is 1. The molecule has 1 aromatic heterocycles. The summed E-state index contributed by atoms with van der Waals surface area (Å²) in [6.07, 6.45) is 1.47. The van der Waals surface area contributed by atoms with E-state index in [9.17, 15) is 14.4 Å². The molecule has 0 aliphatic carbocycles. The summed E-state index contributed by atoms with van der Waals surface area (Å²) in [5.74, 6) is -0.0934. The lowest BCUT2D eigenvalue weighted by Gasteiger charge is -2.11. The average Bonchev–Trinajstić information content (AvgIpc) is 3.34. The number of hydrogen-bond donors (Lipinski definition) is 1. The van der Waals surface area contributed by atoms with Gasteiger partial charge in [-0.1, -0.05) is 48.5 Å². The molecule has 0 spiro atoms. The zero-order chi connectivity index (χ0) is 21.1. The molecule has 1 fully saturated rings. The van der Waals surface area contributed by atoms with Gasteiger partial charge in [-0.05, 0) is 23.8 Å². The van der Waals surface area contributed by atoms with Crippen LogP contribution in [0.4, 0.5) is 4.79 Å². The van der Waals surface area contributed by atoms with E-state index in [1.807, 2.05) is 30.3 Å². The molecular weight excluding hydrogens is 384 g/mol. The minimum absolute atomic E-state index is 0.123. The van der Waals surface area contributed by atoms with Crippen LogP contribution in [0, 0.1) is 0 Å². The highest BCUT2D eigenvalue weighted by atomic mass is 16.5. The van der Waals surface area contributed by atoms with Gasteiger partial charge in [0.25, 0.3) is 5.91 Å². The summed E-state index contributed by atoms with van der Waals surface area (Å²) in [5, 5.41) is 2.57. The van der Waals surface area contributed by atoms with Crippen molar-refractivity contribution in [3.05, 3.63) is 89.3 Å². The van der Waals surface area contributed by atoms with E-state index in [0.29, 0.717) is 22.6 Å². The molecule has 0 saturated carbocycles. The molecule has 7 nitrogen and oxygen atoms in total. The minimum Gasteiger partial charge on any atom is -0.465 e. The van der Waals surface area contributed by atoms with Crippen LogP contribution in [0.5, 0.6) is 0 Å². The fourth-order valence-corrected chi connectivity index (χ4v) is 3.18. The van der Waals surface area contributed by atoms with Gasteiger partial charge in [0, 0.05) is 11.6 Å². The van der Waals surface area contributed by atoms with Crippen LogP contribution >= 0.6 is 0 Å². The second-order valence-electron chi connectivity index (χ2n) is 6.60. The van der Waals surface area contributed by atoms with E-state index in [0.717, 1.165) is 10.5 Å². The number of benzene rings is 2. The van der Waals surface area contributed by atoms with Crippen LogP contribution < -0.4 is 5.32 Å². The number of amides is 3. The van der Waals surface area contributed by atoms with Gasteiger partial charge in [0.15, 0.2) is 0 Å². The Morgan fingerprint density at radius 3 is 2.53 bits per heavy atom. The third-order valence-corrected chi connectivity index (χ3v) is 4.66. The summed E-state index contributed by atoms with van der Waals surface area (Å²) in [6, 6.07) is 19.0. The predicted octanol–water partition coefficient (Wildman–Crippen LogP) is 3.83. The van der Waals surface area contributed by atoms with E-state index in [-0.39, 0.29) is 12.2 Å². The minimum atomic E-state index is -0.488. The second-order valence-corrected chi connectivity index (χ2v) is 6.60. The molecule has 2 heterocycles. The van der Waals surface area contributed by atoms with Crippen molar-refractivity contribution in [1.82, 2.24) is 10.2 Å². The molecule has 0 unspecified atom stereocenters. The maximum Gasteiger partial charge on any atom is 0.338 e. The SMILES string of the molecule is COC(=O)c1ccccc1-c1ccc(/C=C2/NC(=O)N(Cc3ccccc3)C2=O)o1. The Hall–Kier alpha value is -4.13. The first-order valence-corrected chi connectivity index (χ1v) is 9.23. The highest BCUT2D eigenvalue weighted by Gasteiger charge is 2.33. The quantitative estimate of drug-likeness (QED) is 0.398. The van der Waals surface area contributed by atoms with Crippen LogP contribution in [0.25, 0.3) is 17.4 Å². The lowest BCUT2D eigenvalue weighted by molar-refractivity contribution is -0.123. The topological polar surface area (TPSA) is 88.9 Å². The molecule has 0 bridgehead atoms. The molecule has 1 N–H and O–H groups in total. The largest absolute Gasteiger partial charge is 0.465 e. The Balaban J connectivity index is 1.57. The Kier molecular flexibility index (Phi) is 5.17. The summed E-state index contributed by atoms with van der Waals surface area (Å²) in [6.45, 7) is 0.179. The monoisotopic (exact) mass is 402 g/mol. The maximum atomic E-state index is 12.7. The lowest BCUT2D eigenvalue weighted by Crippen LogP contribution is -2.30. The highest BCUT2D eigenvalue weighted by Crippen LogP contribution is 2.27. The van der Waals surface area contributed by atoms with Crippen molar-refractivity contribution in [3.8, 4) is 11.3 Å². The molecule has 7 heteroatoms. The van der Waals surface area contributed by atoms with Crippen molar-refractivity contribution in [2.24, 2.45) is 0 Å². The Labute approximate surface area is 172 Å². The zero-order valence-electron chi connectivity index (χ0n) is 16.1. The summed E-state index contributed by atoms with van der Waals surface area (Å²) >= 11 is 0. The first-order valence-electron chi connectivity index (χ1n) is 9.23. The average molecular weight is 402 g/mol. The van der Waals surface area contributed by atoms with Crippen LogP contribution in [-0.2, 0) is 16.1 Å². The van der Waals surface area contributed by atoms with Gasteiger partial charge in [-0.2, -0.15) is 0 Å². The number of methoxy groups -OCH3 is 1. The molecular formula is C23H18N2O5. The van der Waals surface area contributed by atoms with E-state index in [1.54, 1.807) is 36.4 Å². The van der Waals surface area contributed by atoms with Crippen molar-refractivity contribution >= 4 is 24.0 Å². The smallest absolute Gasteiger partial charge is 0.338 e. The van der Waals surface area contributed by atoms with Gasteiger partial charge >= 0.3 is 12.0 Å². The number of imide groups is 1. The Morgan fingerprint density at radius 2 is 1.77 bits per heavy atom. The Bertz CT molecular complexity index is 1150. The third-order valence-electron chi connectivity index (χ3n) is 4.66. The number of hydrogen-bond acceptors (Lipinski definition) is 5. The van der Waals surface area contributed by atoms with Crippen molar-refractivity contribution in [3.63, 3.8) is 0 Å². The van der Waals surface area contributed by atoms with E-state index >= 15 is 0 Å². The number of carbonyl (C=O) groups excluding carboxylic acids is 3. The molecule has 0 radical (unpaired) electrons. The molecule has 1 aliphatic heterocycles. The molecule has 1 saturated heterocycles. The van der Waals surface area contributed by atoms with Gasteiger partial charge in [-0.15, -0.1) is 0 Å². The van der Waals surface area contributed by atoms with Crippen molar-refractivity contribution in [2.45, 2.75) is 6.54 Å². The van der Waals surface area contributed by atoms with E-state index in [4.69, 9.17) is 9.15 Å². The summed E-state index contributed by atoms with van der Waals surface area (Å²) in [4.78, 5) is 38.0. The first kappa shape index (κ1) is 19.2. The molecule has 3 amide bonds. The van der Waals surface area contributed by atoms with Gasteiger partial charge in [-0.25, -0.2) is 9.59 Å². The zero-order valence-corrected chi connectivity index (χ0v) is 16.1. The normalized spacial score (nSPS) is 14.8. The van der Waals surface area contributed by atoms with Crippen molar-refractivity contribution in [2.75, 3.05) is 7.11 Å². The number of nitrogens with one attached hydrogen (secondary N) is 1. The lowest BCUT2D eigenvalue weighted by atomic mass is 10.1. The van der Waals surface area contributed by atoms with E-state index in [1.165, 1.54) is 13.2 Å². The summed E-state index contributed by atoms with van der Waals surface area (Å²) in [7, 11) is 1.31. The molecule has 4 rings (SSSR count). The number of carbonyl (C=O) groups is 3. The van der Waals surface area contributed by atoms with Crippen LogP contribution in [0.2, 0.25) is 0 Å². The molecule has 3 aromatic rings. The van der Waals surface area contributed by atoms with Gasteiger partial charge in [0.1, 0.15) is 17.2 Å². The molecule has 30 heavy (non-hydrogen) atoms. The third kappa shape index (κ3) is 3.73. The number of furan rings is 1. The van der Waals surface area contributed by atoms with Crippen LogP contribution in [0.1, 0.15) is 21.7 Å². The maximum absolute atomic E-state index is 12.7. The number of urea groups is 1. The fourth-order valence-electron chi connectivity index (χ4n) is 3.18. The summed E-state index contributed by atoms with van der Waals surface area (Å²) in [5.41, 5.74) is 1.91. The van der Waals surface area contributed by atoms with Gasteiger partial charge in [0.2, 0.25) is 0 Å². The highest BCUT2D eigenvalue weighted by molar-refractivity contribution is 6.13. The molecule has 2 aromatic carbocycles. The number of ether oxygens (including phenoxy) is 1. The first-order chi connectivity index (χ1) is 14.6. The second kappa shape index (κ2) is 8.08. The van der Waals surface area contributed by atoms with Crippen molar-refractivity contribution < 1.29 is 23.5 Å². The molecule has 1 aliphatic rings. The van der Waals surface area contributed by atoms with Gasteiger partial charge in [-0.3, -0.25) is 9.69 Å². The number of esters is 1. The van der Waals surface area contributed by atoms with Crippen LogP contribution in [0.3, 0.4) is 0 Å². The van der Waals surface area contributed by atoms with E-state index in [2.05, 4.69) is 5.32 Å². The van der Waals surface area contributed by atoms with Crippen LogP contribution in [0.15, 0.2) is 76.8 Å². The number of rotatable bonds is 5. The van der Waals surface area contributed by atoms with Crippen molar-refractivity contribution in [1.29, 1.82) is 0 Å². The summed E-state index contributed by atoms with van der Waals surface area (Å²) < 4.78 is 10.6. The predicted molar refractivity (Wildman–Crippen MR) is 109 cm³/mol. The molecule has 0 atom stereocenters. The van der Waals surface area contributed by atoms with Gasteiger partial charge in [0.05, 0.1) is 19.2 Å². The van der Waals surface area contributed by atoms with Gasteiger partial charge < -0.3 is 14.5 Å². The van der Waals surface area contributed by atoms with E-state index < -0.39 is 17.9 Å². The fraction of sp³-hybridized carbons (Fsp3) is 0.0870. The Morgan fingerprint density at radius 1 is 1.03 bits per heavy atom. The van der Waals surface area contributed by atoms with Crippen LogP contribution in [-0.4, -0.2) is 29.9 Å². The standard InChI is InChI=1S/C23H18N2O5/c1-29-22(27)18-10-6-5-9-17(18)20-12-11-16(30-20)13-19-21(26)25(23(28)24-19)14-15-7-3-2-4-8-15/h2-13H,14H2,1H3,(H,24,28)/b19-13+. The molecule has 150 valence electrons.